The largest absolute Gasteiger partial charge is 0.465 e. The van der Waals surface area contributed by atoms with Crippen molar-refractivity contribution in [3.63, 3.8) is 0 Å². The lowest BCUT2D eigenvalue weighted by Crippen LogP contribution is -2.05. The molecule has 0 saturated carbocycles. The molecule has 0 aliphatic heterocycles. The van der Waals surface area contributed by atoms with E-state index in [1.807, 2.05) is 0 Å². The molecule has 0 aliphatic carbocycles. The highest BCUT2D eigenvalue weighted by atomic mass is 35.5. The van der Waals surface area contributed by atoms with Crippen molar-refractivity contribution in [3.8, 4) is 5.75 Å². The van der Waals surface area contributed by atoms with E-state index in [0.717, 1.165) is 0 Å². The maximum Gasteiger partial charge on any atom is 0.338 e. The zero-order valence-corrected chi connectivity index (χ0v) is 11.2. The lowest BCUT2D eigenvalue weighted by atomic mass is 10.1. The van der Waals surface area contributed by atoms with Crippen LogP contribution in [0.3, 0.4) is 0 Å². The van der Waals surface area contributed by atoms with Gasteiger partial charge in [-0.25, -0.2) is 4.79 Å². The third-order valence-electron chi connectivity index (χ3n) is 2.58. The van der Waals surface area contributed by atoms with Crippen molar-refractivity contribution in [2.24, 2.45) is 0 Å². The number of fused-ring (bicyclic) bond motifs is 1. The van der Waals surface area contributed by atoms with Crippen LogP contribution in [0.15, 0.2) is 30.3 Å². The number of carbonyl (C=O) groups excluding carboxylic acids is 2. The minimum Gasteiger partial charge on any atom is -0.465 e. The average molecular weight is 279 g/mol. The Labute approximate surface area is 114 Å². The average Bonchev–Trinajstić information content (AvgIpc) is 2.38. The fourth-order valence-electron chi connectivity index (χ4n) is 1.79. The molecule has 5 heteroatoms. The van der Waals surface area contributed by atoms with Crippen LogP contribution in [0.2, 0.25) is 5.02 Å². The Bertz CT molecular complexity index is 664. The second-order valence-electron chi connectivity index (χ2n) is 3.89. The molecule has 0 spiro atoms. The van der Waals surface area contributed by atoms with Crippen LogP contribution in [0.5, 0.6) is 5.75 Å². The van der Waals surface area contributed by atoms with Crippen LogP contribution >= 0.6 is 11.6 Å². The van der Waals surface area contributed by atoms with Crippen molar-refractivity contribution in [2.45, 2.75) is 6.92 Å². The highest BCUT2D eigenvalue weighted by Crippen LogP contribution is 2.32. The van der Waals surface area contributed by atoms with E-state index >= 15 is 0 Å². The number of benzene rings is 2. The molecule has 0 aromatic heterocycles. The van der Waals surface area contributed by atoms with Gasteiger partial charge in [0.15, 0.2) is 0 Å². The molecule has 0 saturated heterocycles. The van der Waals surface area contributed by atoms with Crippen molar-refractivity contribution in [2.75, 3.05) is 7.11 Å². The Hall–Kier alpha value is -2.07. The Morgan fingerprint density at radius 1 is 1.16 bits per heavy atom. The molecule has 2 aromatic carbocycles. The molecule has 2 rings (SSSR count). The maximum atomic E-state index is 11.6. The molecule has 0 amide bonds. The van der Waals surface area contributed by atoms with Gasteiger partial charge in [-0.2, -0.15) is 0 Å². The molecule has 0 N–H and O–H groups in total. The summed E-state index contributed by atoms with van der Waals surface area (Å²) in [4.78, 5) is 22.7. The predicted octanol–water partition coefficient (Wildman–Crippen LogP) is 3.21. The van der Waals surface area contributed by atoms with Gasteiger partial charge in [0.25, 0.3) is 0 Å². The predicted molar refractivity (Wildman–Crippen MR) is 71.6 cm³/mol. The molecule has 0 atom stereocenters. The molecule has 2 aromatic rings. The van der Waals surface area contributed by atoms with Crippen molar-refractivity contribution in [1.29, 1.82) is 0 Å². The van der Waals surface area contributed by atoms with Crippen LogP contribution in [-0.2, 0) is 9.53 Å². The summed E-state index contributed by atoms with van der Waals surface area (Å²) in [6.07, 6.45) is 0. The summed E-state index contributed by atoms with van der Waals surface area (Å²) >= 11 is 6.09. The van der Waals surface area contributed by atoms with E-state index in [9.17, 15) is 9.59 Å². The zero-order chi connectivity index (χ0) is 14.0. The summed E-state index contributed by atoms with van der Waals surface area (Å²) in [6, 6.07) is 8.28. The monoisotopic (exact) mass is 278 g/mol. The summed E-state index contributed by atoms with van der Waals surface area (Å²) in [5, 5.41) is 1.76. The molecule has 4 nitrogen and oxygen atoms in total. The van der Waals surface area contributed by atoms with Crippen LogP contribution in [0, 0.1) is 0 Å². The second-order valence-corrected chi connectivity index (χ2v) is 4.30. The zero-order valence-electron chi connectivity index (χ0n) is 10.4. The number of ether oxygens (including phenoxy) is 2. The van der Waals surface area contributed by atoms with Crippen LogP contribution in [-0.4, -0.2) is 19.0 Å². The Kier molecular flexibility index (Phi) is 3.71. The molecule has 98 valence electrons. The molecule has 0 fully saturated rings. The first-order valence-corrected chi connectivity index (χ1v) is 5.89. The quantitative estimate of drug-likeness (QED) is 0.625. The maximum absolute atomic E-state index is 11.6. The van der Waals surface area contributed by atoms with E-state index in [0.29, 0.717) is 15.8 Å². The number of halogens is 1. The smallest absolute Gasteiger partial charge is 0.338 e. The van der Waals surface area contributed by atoms with Gasteiger partial charge in [0.05, 0.1) is 12.7 Å². The number of carbonyl (C=O) groups is 2. The van der Waals surface area contributed by atoms with Gasteiger partial charge in [-0.3, -0.25) is 4.79 Å². The number of esters is 2. The van der Waals surface area contributed by atoms with Gasteiger partial charge >= 0.3 is 11.9 Å². The summed E-state index contributed by atoms with van der Waals surface area (Å²) in [7, 11) is 1.28. The minimum atomic E-state index is -0.518. The highest BCUT2D eigenvalue weighted by molar-refractivity contribution is 6.35. The standard InChI is InChI=1S/C14H11ClO4/c1-8(16)19-13-7-9(14(17)18-2)6-11-10(13)4-3-5-12(11)15/h3-7H,1-2H3. The molecular weight excluding hydrogens is 268 g/mol. The molecule has 0 heterocycles. The van der Waals surface area contributed by atoms with Crippen LogP contribution < -0.4 is 4.74 Å². The first kappa shape index (κ1) is 13.4. The molecule has 0 bridgehead atoms. The molecule has 0 radical (unpaired) electrons. The topological polar surface area (TPSA) is 52.6 Å². The summed E-state index contributed by atoms with van der Waals surface area (Å²) in [5.74, 6) is -0.702. The van der Waals surface area contributed by atoms with Crippen molar-refractivity contribution < 1.29 is 19.1 Å². The van der Waals surface area contributed by atoms with Crippen molar-refractivity contribution >= 4 is 34.3 Å². The molecule has 0 aliphatic rings. The third kappa shape index (κ3) is 2.69. The molecule has 19 heavy (non-hydrogen) atoms. The van der Waals surface area contributed by atoms with Gasteiger partial charge in [0.1, 0.15) is 5.75 Å². The number of hydrogen-bond donors (Lipinski definition) is 0. The van der Waals surface area contributed by atoms with Crippen LogP contribution in [0.1, 0.15) is 17.3 Å². The molecule has 0 unspecified atom stereocenters. The highest BCUT2D eigenvalue weighted by Gasteiger charge is 2.14. The van der Waals surface area contributed by atoms with Gasteiger partial charge < -0.3 is 9.47 Å². The SMILES string of the molecule is COC(=O)c1cc(OC(C)=O)c2cccc(Cl)c2c1. The Balaban J connectivity index is 2.72. The van der Waals surface area contributed by atoms with Gasteiger partial charge in [-0.05, 0) is 18.2 Å². The van der Waals surface area contributed by atoms with E-state index in [1.54, 1.807) is 24.3 Å². The fraction of sp³-hybridized carbons (Fsp3) is 0.143. The van der Waals surface area contributed by atoms with E-state index in [-0.39, 0.29) is 11.3 Å². The van der Waals surface area contributed by atoms with E-state index < -0.39 is 11.9 Å². The van der Waals surface area contributed by atoms with Crippen molar-refractivity contribution in [1.82, 2.24) is 0 Å². The van der Waals surface area contributed by atoms with Crippen LogP contribution in [0.4, 0.5) is 0 Å². The normalized spacial score (nSPS) is 10.3. The first-order valence-electron chi connectivity index (χ1n) is 5.52. The van der Waals surface area contributed by atoms with Crippen molar-refractivity contribution in [3.05, 3.63) is 40.9 Å². The van der Waals surface area contributed by atoms with E-state index in [4.69, 9.17) is 16.3 Å². The fourth-order valence-corrected chi connectivity index (χ4v) is 2.02. The van der Waals surface area contributed by atoms with Gasteiger partial charge in [-0.1, -0.05) is 23.7 Å². The lowest BCUT2D eigenvalue weighted by Gasteiger charge is -2.09. The summed E-state index contributed by atoms with van der Waals surface area (Å²) < 4.78 is 9.78. The first-order chi connectivity index (χ1) is 9.02. The number of hydrogen-bond acceptors (Lipinski definition) is 4. The van der Waals surface area contributed by atoms with Crippen LogP contribution in [0.25, 0.3) is 10.8 Å². The lowest BCUT2D eigenvalue weighted by molar-refractivity contribution is -0.131. The summed E-state index contributed by atoms with van der Waals surface area (Å²) in [6.45, 7) is 1.29. The Morgan fingerprint density at radius 3 is 2.53 bits per heavy atom. The van der Waals surface area contributed by atoms with Gasteiger partial charge in [0, 0.05) is 22.7 Å². The van der Waals surface area contributed by atoms with Gasteiger partial charge in [0.2, 0.25) is 0 Å². The van der Waals surface area contributed by atoms with E-state index in [2.05, 4.69) is 4.74 Å². The minimum absolute atomic E-state index is 0.277. The third-order valence-corrected chi connectivity index (χ3v) is 2.91. The number of methoxy groups -OCH3 is 1. The summed E-state index contributed by atoms with van der Waals surface area (Å²) in [5.41, 5.74) is 0.277. The number of rotatable bonds is 2. The molecular formula is C14H11ClO4. The van der Waals surface area contributed by atoms with E-state index in [1.165, 1.54) is 20.1 Å². The van der Waals surface area contributed by atoms with Gasteiger partial charge in [-0.15, -0.1) is 0 Å². The Morgan fingerprint density at radius 2 is 1.89 bits per heavy atom. The second kappa shape index (κ2) is 5.28.